The van der Waals surface area contributed by atoms with E-state index in [0.717, 1.165) is 0 Å². The van der Waals surface area contributed by atoms with E-state index in [1.54, 1.807) is 0 Å². The number of aliphatic hydroxyl groups is 4. The van der Waals surface area contributed by atoms with E-state index < -0.39 is 63.9 Å². The van der Waals surface area contributed by atoms with Gasteiger partial charge in [0.15, 0.2) is 0 Å². The molecule has 8 nitrogen and oxygen atoms in total. The van der Waals surface area contributed by atoms with Crippen LogP contribution in [0.25, 0.3) is 5.53 Å². The molecule has 4 N–H and O–H groups in total. The normalized spacial score (nSPS) is 56.3. The highest BCUT2D eigenvalue weighted by Gasteiger charge is 2.87. The van der Waals surface area contributed by atoms with Crippen LogP contribution in [0, 0.1) is 34.0 Å². The molecule has 4 aliphatic carbocycles. The second-order valence-corrected chi connectivity index (χ2v) is 10.1. The number of hydrogen-bond acceptors (Lipinski definition) is 6. The predicted octanol–water partition coefficient (Wildman–Crippen LogP) is -0.344. The van der Waals surface area contributed by atoms with Crippen molar-refractivity contribution in [1.29, 1.82) is 0 Å². The van der Waals surface area contributed by atoms with Gasteiger partial charge in [-0.3, -0.25) is 4.79 Å². The Morgan fingerprint density at radius 3 is 2.54 bits per heavy atom. The van der Waals surface area contributed by atoms with Gasteiger partial charge in [0.2, 0.25) is 11.6 Å². The number of ketones is 1. The maximum absolute atomic E-state index is 13.6. The highest BCUT2D eigenvalue weighted by molar-refractivity contribution is 6.40. The molecule has 2 saturated heterocycles. The average Bonchev–Trinajstić information content (AvgIpc) is 2.75. The number of ether oxygens (including phenoxy) is 1. The van der Waals surface area contributed by atoms with Gasteiger partial charge in [0, 0.05) is 11.8 Å². The van der Waals surface area contributed by atoms with Gasteiger partial charge >= 0.3 is 5.71 Å². The fraction of sp³-hybridized carbons (Fsp3) is 0.800. The summed E-state index contributed by atoms with van der Waals surface area (Å²) in [6, 6.07) is 0. The molecule has 6 aliphatic rings. The number of Topliss-reactive ketones (excluding diaryl/α,β-unsaturated/α-hetero) is 1. The Kier molecular flexibility index (Phi) is 3.33. The number of hydrogen-bond donors (Lipinski definition) is 4. The molecule has 9 atom stereocenters. The van der Waals surface area contributed by atoms with Gasteiger partial charge in [0.25, 0.3) is 0 Å². The molecule has 1 unspecified atom stereocenters. The molecular formula is C20H26N2O6. The third-order valence-corrected chi connectivity index (χ3v) is 8.81. The molecule has 2 aliphatic heterocycles. The van der Waals surface area contributed by atoms with Crippen LogP contribution in [-0.2, 0) is 9.53 Å². The monoisotopic (exact) mass is 390 g/mol. The first-order valence-electron chi connectivity index (χ1n) is 9.86. The lowest BCUT2D eigenvalue weighted by atomic mass is 9.35. The molecule has 4 bridgehead atoms. The van der Waals surface area contributed by atoms with Crippen LogP contribution in [0.5, 0.6) is 0 Å². The largest absolute Gasteiger partial charge is 0.392 e. The first-order chi connectivity index (χ1) is 13.0. The molecule has 2 heterocycles. The van der Waals surface area contributed by atoms with Crippen molar-refractivity contribution in [3.63, 3.8) is 0 Å². The average molecular weight is 390 g/mol. The first-order valence-corrected chi connectivity index (χ1v) is 9.86. The topological polar surface area (TPSA) is 144 Å². The summed E-state index contributed by atoms with van der Waals surface area (Å²) in [4.78, 5) is 16.8. The van der Waals surface area contributed by atoms with Gasteiger partial charge in [0.1, 0.15) is 6.10 Å². The SMILES string of the molecule is C=C1[C@@H](O)C23[C@H](O)[C@H]1CC[C@H]2[C@@]12CO[C@@]3(O)[C@@H](O)[C@@H]1C(C)(C)CC(=[N+]=[N-])C2=O. The summed E-state index contributed by atoms with van der Waals surface area (Å²) in [7, 11) is 0. The van der Waals surface area contributed by atoms with Crippen LogP contribution in [0.15, 0.2) is 12.2 Å². The molecule has 2 spiro atoms. The van der Waals surface area contributed by atoms with E-state index in [-0.39, 0.29) is 18.7 Å². The van der Waals surface area contributed by atoms with E-state index in [1.807, 2.05) is 13.8 Å². The molecule has 0 radical (unpaired) electrons. The van der Waals surface area contributed by atoms with E-state index in [2.05, 4.69) is 11.4 Å². The van der Waals surface area contributed by atoms with Crippen LogP contribution in [-0.4, -0.2) is 67.4 Å². The van der Waals surface area contributed by atoms with Crippen molar-refractivity contribution >= 4 is 11.5 Å². The number of aliphatic hydroxyl groups excluding tert-OH is 3. The number of carbonyl (C=O) groups is 1. The van der Waals surface area contributed by atoms with Crippen molar-refractivity contribution in [1.82, 2.24) is 0 Å². The van der Waals surface area contributed by atoms with Gasteiger partial charge in [-0.1, -0.05) is 20.4 Å². The highest BCUT2D eigenvalue weighted by Crippen LogP contribution is 2.76. The molecule has 0 aromatic carbocycles. The molecule has 0 amide bonds. The summed E-state index contributed by atoms with van der Waals surface area (Å²) in [5, 5.41) is 45.4. The summed E-state index contributed by atoms with van der Waals surface area (Å²) >= 11 is 0. The zero-order valence-corrected chi connectivity index (χ0v) is 16.0. The lowest BCUT2D eigenvalue weighted by molar-refractivity contribution is -0.455. The van der Waals surface area contributed by atoms with E-state index >= 15 is 0 Å². The second kappa shape index (κ2) is 5.01. The van der Waals surface area contributed by atoms with Gasteiger partial charge < -0.3 is 30.7 Å². The predicted molar refractivity (Wildman–Crippen MR) is 94.7 cm³/mol. The molecule has 152 valence electrons. The minimum absolute atomic E-state index is 0.00228. The molecule has 6 fully saturated rings. The van der Waals surface area contributed by atoms with Crippen molar-refractivity contribution < 1.29 is 34.7 Å². The maximum Gasteiger partial charge on any atom is 0.335 e. The molecule has 0 aromatic heterocycles. The molecule has 8 heteroatoms. The summed E-state index contributed by atoms with van der Waals surface area (Å²) in [6.07, 6.45) is -2.87. The maximum atomic E-state index is 13.6. The second-order valence-electron chi connectivity index (χ2n) is 10.1. The molecule has 28 heavy (non-hydrogen) atoms. The van der Waals surface area contributed by atoms with Crippen molar-refractivity contribution in [3.05, 3.63) is 17.7 Å². The van der Waals surface area contributed by atoms with Crippen molar-refractivity contribution in [2.75, 3.05) is 6.61 Å². The summed E-state index contributed by atoms with van der Waals surface area (Å²) in [5.41, 5.74) is 6.28. The first kappa shape index (κ1) is 18.6. The van der Waals surface area contributed by atoms with E-state index in [1.165, 1.54) is 0 Å². The third kappa shape index (κ3) is 1.53. The number of nitrogens with zero attached hydrogens (tertiary/aromatic N) is 2. The van der Waals surface area contributed by atoms with Crippen LogP contribution in [0.4, 0.5) is 0 Å². The van der Waals surface area contributed by atoms with Crippen LogP contribution >= 0.6 is 0 Å². The quantitative estimate of drug-likeness (QED) is 0.253. The zero-order valence-electron chi connectivity index (χ0n) is 16.0. The lowest BCUT2D eigenvalue weighted by Gasteiger charge is -2.73. The Hall–Kier alpha value is -1.41. The van der Waals surface area contributed by atoms with Crippen LogP contribution in [0.2, 0.25) is 0 Å². The minimum Gasteiger partial charge on any atom is -0.392 e. The van der Waals surface area contributed by atoms with Gasteiger partial charge in [-0.05, 0) is 29.7 Å². The third-order valence-electron chi connectivity index (χ3n) is 8.81. The molecule has 4 saturated carbocycles. The van der Waals surface area contributed by atoms with Gasteiger partial charge in [-0.15, -0.1) is 0 Å². The minimum atomic E-state index is -2.20. The van der Waals surface area contributed by atoms with Crippen LogP contribution in [0.1, 0.15) is 33.1 Å². The zero-order chi connectivity index (χ0) is 20.4. The van der Waals surface area contributed by atoms with Gasteiger partial charge in [-0.25, -0.2) is 0 Å². The van der Waals surface area contributed by atoms with Crippen molar-refractivity contribution in [3.8, 4) is 0 Å². The Balaban J connectivity index is 1.84. The van der Waals surface area contributed by atoms with Gasteiger partial charge in [-0.2, -0.15) is 4.79 Å². The lowest BCUT2D eigenvalue weighted by Crippen LogP contribution is -2.86. The molecule has 0 aromatic rings. The fourth-order valence-corrected chi connectivity index (χ4v) is 7.94. The Labute approximate surface area is 162 Å². The molecule has 6 rings (SSSR count). The number of rotatable bonds is 0. The summed E-state index contributed by atoms with van der Waals surface area (Å²) in [5.74, 6) is -4.38. The van der Waals surface area contributed by atoms with Crippen LogP contribution in [0.3, 0.4) is 0 Å². The standard InChI is InChI=1S/C20H26N2O6/c1-8-9-4-5-11-18-7-28-20(27,19(11,13(8)23)14(9)24)16(26)12(18)17(2,3)6-10(22-21)15(18)25/h9,11-14,16,23-24,26-27H,1,4-7H2,2-3H3/t9-,11-,12+,13+,14+,16-,18-,19?,20-/m0/s1. The smallest absolute Gasteiger partial charge is 0.335 e. The number of carbonyl (C=O) groups excluding carboxylic acids is 1. The fourth-order valence-electron chi connectivity index (χ4n) is 7.94. The van der Waals surface area contributed by atoms with Gasteiger partial charge in [0.05, 0.1) is 36.1 Å². The summed E-state index contributed by atoms with van der Waals surface area (Å²) in [6.45, 7) is 7.50. The van der Waals surface area contributed by atoms with Crippen molar-refractivity contribution in [2.45, 2.75) is 57.2 Å². The van der Waals surface area contributed by atoms with Crippen molar-refractivity contribution in [2.24, 2.45) is 34.0 Å². The highest BCUT2D eigenvalue weighted by atomic mass is 16.6. The Morgan fingerprint density at radius 1 is 1.21 bits per heavy atom. The number of fused-ring (bicyclic) bond motifs is 2. The molecular weight excluding hydrogens is 364 g/mol. The Morgan fingerprint density at radius 2 is 1.89 bits per heavy atom. The Bertz CT molecular complexity index is 865. The van der Waals surface area contributed by atoms with Crippen LogP contribution < -0.4 is 0 Å². The van der Waals surface area contributed by atoms with E-state index in [9.17, 15) is 30.8 Å². The van der Waals surface area contributed by atoms with E-state index in [0.29, 0.717) is 18.4 Å². The summed E-state index contributed by atoms with van der Waals surface area (Å²) < 4.78 is 5.76. The van der Waals surface area contributed by atoms with E-state index in [4.69, 9.17) is 4.74 Å².